The van der Waals surface area contributed by atoms with E-state index in [0.717, 1.165) is 19.3 Å². The van der Waals surface area contributed by atoms with Crippen molar-refractivity contribution >= 4 is 0 Å². The Balaban J connectivity index is 2.32. The predicted octanol–water partition coefficient (Wildman–Crippen LogP) is 2.50. The van der Waals surface area contributed by atoms with Crippen LogP contribution in [-0.4, -0.2) is 24.3 Å². The zero-order valence-corrected chi connectivity index (χ0v) is 9.62. The van der Waals surface area contributed by atoms with E-state index in [2.05, 4.69) is 32.7 Å². The summed E-state index contributed by atoms with van der Waals surface area (Å²) in [6, 6.07) is 1.15. The van der Waals surface area contributed by atoms with Gasteiger partial charge in [-0.25, -0.2) is 0 Å². The summed E-state index contributed by atoms with van der Waals surface area (Å²) in [4.78, 5) is 0. The standard InChI is InChI=1S/C12H23NO/c1-5-6-9(2)13-12-7-10(3)14-11(4)8-12/h5,9-13H,1,6-8H2,2-4H3. The van der Waals surface area contributed by atoms with Gasteiger partial charge in [0.25, 0.3) is 0 Å². The number of nitrogens with one attached hydrogen (secondary N) is 1. The third-order valence-corrected chi connectivity index (χ3v) is 2.74. The van der Waals surface area contributed by atoms with Crippen LogP contribution in [0, 0.1) is 0 Å². The van der Waals surface area contributed by atoms with Crippen LogP contribution in [0.4, 0.5) is 0 Å². The third-order valence-electron chi connectivity index (χ3n) is 2.74. The molecule has 82 valence electrons. The molecule has 0 aromatic rings. The molecule has 0 spiro atoms. The molecule has 2 heteroatoms. The van der Waals surface area contributed by atoms with Crippen molar-refractivity contribution in [2.45, 2.75) is 64.3 Å². The molecule has 1 aliphatic heterocycles. The second-order valence-corrected chi connectivity index (χ2v) is 4.52. The van der Waals surface area contributed by atoms with Crippen molar-refractivity contribution in [3.05, 3.63) is 12.7 Å². The summed E-state index contributed by atoms with van der Waals surface area (Å²) in [5.74, 6) is 0. The van der Waals surface area contributed by atoms with Crippen LogP contribution in [0.2, 0.25) is 0 Å². The fourth-order valence-electron chi connectivity index (χ4n) is 2.26. The fourth-order valence-corrected chi connectivity index (χ4v) is 2.26. The lowest BCUT2D eigenvalue weighted by atomic mass is 9.99. The lowest BCUT2D eigenvalue weighted by Gasteiger charge is -2.34. The van der Waals surface area contributed by atoms with Gasteiger partial charge in [0.1, 0.15) is 0 Å². The molecule has 0 aliphatic carbocycles. The lowest BCUT2D eigenvalue weighted by Crippen LogP contribution is -2.44. The molecule has 1 saturated heterocycles. The van der Waals surface area contributed by atoms with E-state index < -0.39 is 0 Å². The predicted molar refractivity (Wildman–Crippen MR) is 60.4 cm³/mol. The highest BCUT2D eigenvalue weighted by Gasteiger charge is 2.24. The molecule has 0 bridgehead atoms. The summed E-state index contributed by atoms with van der Waals surface area (Å²) >= 11 is 0. The van der Waals surface area contributed by atoms with Gasteiger partial charge in [-0.3, -0.25) is 0 Å². The van der Waals surface area contributed by atoms with Gasteiger partial charge in [0.2, 0.25) is 0 Å². The first kappa shape index (κ1) is 11.7. The maximum Gasteiger partial charge on any atom is 0.0565 e. The molecule has 0 aromatic carbocycles. The third kappa shape index (κ3) is 3.81. The van der Waals surface area contributed by atoms with E-state index in [1.807, 2.05) is 6.08 Å². The maximum absolute atomic E-state index is 5.70. The summed E-state index contributed by atoms with van der Waals surface area (Å²) in [6.07, 6.45) is 6.07. The Hall–Kier alpha value is -0.340. The summed E-state index contributed by atoms with van der Waals surface area (Å²) in [5, 5.41) is 3.63. The molecule has 0 saturated carbocycles. The van der Waals surface area contributed by atoms with Crippen LogP contribution in [-0.2, 0) is 4.74 Å². The van der Waals surface area contributed by atoms with Crippen molar-refractivity contribution in [2.75, 3.05) is 0 Å². The molecule has 0 radical (unpaired) electrons. The molecule has 14 heavy (non-hydrogen) atoms. The second-order valence-electron chi connectivity index (χ2n) is 4.52. The van der Waals surface area contributed by atoms with Crippen LogP contribution < -0.4 is 5.32 Å². The fraction of sp³-hybridized carbons (Fsp3) is 0.833. The SMILES string of the molecule is C=CCC(C)NC1CC(C)OC(C)C1. The van der Waals surface area contributed by atoms with Gasteiger partial charge in [-0.05, 0) is 40.0 Å². The van der Waals surface area contributed by atoms with E-state index in [1.54, 1.807) is 0 Å². The van der Waals surface area contributed by atoms with E-state index in [9.17, 15) is 0 Å². The van der Waals surface area contributed by atoms with E-state index in [-0.39, 0.29) is 0 Å². The zero-order chi connectivity index (χ0) is 10.6. The Morgan fingerprint density at radius 2 is 2.00 bits per heavy atom. The minimum atomic E-state index is 0.396. The summed E-state index contributed by atoms with van der Waals surface area (Å²) in [7, 11) is 0. The van der Waals surface area contributed by atoms with Crippen molar-refractivity contribution < 1.29 is 4.74 Å². The molecule has 0 amide bonds. The average molecular weight is 197 g/mol. The molecule has 2 nitrogen and oxygen atoms in total. The van der Waals surface area contributed by atoms with Crippen molar-refractivity contribution in [3.63, 3.8) is 0 Å². The molecule has 0 aromatic heterocycles. The Labute approximate surface area is 87.7 Å². The number of rotatable bonds is 4. The Kier molecular flexibility index (Phi) is 4.63. The zero-order valence-electron chi connectivity index (χ0n) is 9.62. The first-order valence-electron chi connectivity index (χ1n) is 5.64. The van der Waals surface area contributed by atoms with Crippen molar-refractivity contribution in [1.29, 1.82) is 0 Å². The van der Waals surface area contributed by atoms with Gasteiger partial charge in [-0.2, -0.15) is 0 Å². The normalized spacial score (nSPS) is 35.2. The van der Waals surface area contributed by atoms with Gasteiger partial charge >= 0.3 is 0 Å². The van der Waals surface area contributed by atoms with Crippen LogP contribution in [0.5, 0.6) is 0 Å². The average Bonchev–Trinajstić information content (AvgIpc) is 2.01. The quantitative estimate of drug-likeness (QED) is 0.699. The van der Waals surface area contributed by atoms with Gasteiger partial charge in [0.15, 0.2) is 0 Å². The minimum Gasteiger partial charge on any atom is -0.375 e. The summed E-state index contributed by atoms with van der Waals surface area (Å²) < 4.78 is 5.70. The highest BCUT2D eigenvalue weighted by atomic mass is 16.5. The van der Waals surface area contributed by atoms with Gasteiger partial charge < -0.3 is 10.1 Å². The van der Waals surface area contributed by atoms with E-state index >= 15 is 0 Å². The molecule has 1 heterocycles. The number of hydrogen-bond acceptors (Lipinski definition) is 2. The van der Waals surface area contributed by atoms with Gasteiger partial charge in [-0.1, -0.05) is 6.08 Å². The summed E-state index contributed by atoms with van der Waals surface area (Å²) in [6.45, 7) is 10.3. The van der Waals surface area contributed by atoms with E-state index in [4.69, 9.17) is 4.74 Å². The molecular formula is C12H23NO. The van der Waals surface area contributed by atoms with E-state index in [0.29, 0.717) is 24.3 Å². The van der Waals surface area contributed by atoms with Crippen LogP contribution in [0.1, 0.15) is 40.0 Å². The monoisotopic (exact) mass is 197 g/mol. The first-order valence-corrected chi connectivity index (χ1v) is 5.64. The Morgan fingerprint density at radius 1 is 1.43 bits per heavy atom. The molecule has 1 fully saturated rings. The van der Waals surface area contributed by atoms with Crippen LogP contribution in [0.25, 0.3) is 0 Å². The topological polar surface area (TPSA) is 21.3 Å². The highest BCUT2D eigenvalue weighted by Crippen LogP contribution is 2.19. The first-order chi connectivity index (χ1) is 6.61. The number of hydrogen-bond donors (Lipinski definition) is 1. The highest BCUT2D eigenvalue weighted by molar-refractivity contribution is 4.83. The number of ether oxygens (including phenoxy) is 1. The molecule has 3 atom stereocenters. The smallest absolute Gasteiger partial charge is 0.0565 e. The van der Waals surface area contributed by atoms with Crippen LogP contribution in [0.3, 0.4) is 0 Å². The molecular weight excluding hydrogens is 174 g/mol. The van der Waals surface area contributed by atoms with Crippen molar-refractivity contribution in [1.82, 2.24) is 5.32 Å². The molecule has 1 rings (SSSR count). The minimum absolute atomic E-state index is 0.396. The molecule has 1 N–H and O–H groups in total. The Bertz CT molecular complexity index is 171. The Morgan fingerprint density at radius 3 is 2.50 bits per heavy atom. The lowest BCUT2D eigenvalue weighted by molar-refractivity contribution is -0.0432. The second kappa shape index (κ2) is 5.52. The molecule has 1 aliphatic rings. The summed E-state index contributed by atoms with van der Waals surface area (Å²) in [5.41, 5.74) is 0. The molecule has 3 unspecified atom stereocenters. The van der Waals surface area contributed by atoms with Gasteiger partial charge in [0, 0.05) is 12.1 Å². The largest absolute Gasteiger partial charge is 0.375 e. The van der Waals surface area contributed by atoms with Gasteiger partial charge in [0.05, 0.1) is 12.2 Å². The van der Waals surface area contributed by atoms with Crippen LogP contribution in [0.15, 0.2) is 12.7 Å². The van der Waals surface area contributed by atoms with Crippen molar-refractivity contribution in [2.24, 2.45) is 0 Å². The van der Waals surface area contributed by atoms with Crippen molar-refractivity contribution in [3.8, 4) is 0 Å². The maximum atomic E-state index is 5.70. The van der Waals surface area contributed by atoms with Crippen LogP contribution >= 0.6 is 0 Å². The van der Waals surface area contributed by atoms with Gasteiger partial charge in [-0.15, -0.1) is 6.58 Å². The van der Waals surface area contributed by atoms with E-state index in [1.165, 1.54) is 0 Å².